The Kier molecular flexibility index (Phi) is 13.7. The third-order valence-electron chi connectivity index (χ3n) is 10.4. The van der Waals surface area contributed by atoms with Crippen LogP contribution in [-0.4, -0.2) is 141 Å². The number of ether oxygens (including phenoxy) is 4. The first-order chi connectivity index (χ1) is 21.5. The average molecular weight is 635 g/mol. The number of hydrogen-bond acceptors (Lipinski definition) is 8. The second-order valence-corrected chi connectivity index (χ2v) is 14.3. The van der Waals surface area contributed by atoms with Crippen LogP contribution in [0.25, 0.3) is 0 Å². The van der Waals surface area contributed by atoms with E-state index < -0.39 is 6.10 Å². The summed E-state index contributed by atoms with van der Waals surface area (Å²) in [5.41, 5.74) is 1.03. The molecule has 4 heterocycles. The maximum absolute atomic E-state index is 12.9. The van der Waals surface area contributed by atoms with Crippen molar-refractivity contribution >= 4 is 6.03 Å². The third kappa shape index (κ3) is 10.5. The average Bonchev–Trinajstić information content (AvgIpc) is 3.70. The van der Waals surface area contributed by atoms with Crippen molar-refractivity contribution in [3.05, 3.63) is 23.8 Å². The summed E-state index contributed by atoms with van der Waals surface area (Å²) < 4.78 is 23.6. The molecule has 2 N–H and O–H groups in total. The number of allylic oxidation sites excluding steroid dienone is 3. The summed E-state index contributed by atoms with van der Waals surface area (Å²) in [6.07, 6.45) is 8.97. The number of carbonyl (C=O) groups is 1. The predicted molar refractivity (Wildman–Crippen MR) is 177 cm³/mol. The largest absolute Gasteiger partial charge is 0.391 e. The van der Waals surface area contributed by atoms with E-state index in [4.69, 9.17) is 18.9 Å². The Labute approximate surface area is 272 Å². The molecule has 0 spiro atoms. The minimum absolute atomic E-state index is 0.0272. The summed E-state index contributed by atoms with van der Waals surface area (Å²) in [7, 11) is 1.65. The van der Waals surface area contributed by atoms with Crippen molar-refractivity contribution in [2.75, 3.05) is 79.2 Å². The second kappa shape index (κ2) is 17.0. The van der Waals surface area contributed by atoms with Crippen LogP contribution in [0.1, 0.15) is 60.8 Å². The lowest BCUT2D eigenvalue weighted by Gasteiger charge is -2.38. The van der Waals surface area contributed by atoms with Gasteiger partial charge in [-0.1, -0.05) is 39.0 Å². The fraction of sp³-hybridized carbons (Fsp3) is 0.857. The van der Waals surface area contributed by atoms with Crippen molar-refractivity contribution in [3.63, 3.8) is 0 Å². The zero-order chi connectivity index (χ0) is 32.6. The number of epoxide rings is 1. The van der Waals surface area contributed by atoms with Crippen molar-refractivity contribution in [2.24, 2.45) is 17.8 Å². The summed E-state index contributed by atoms with van der Waals surface area (Å²) in [6, 6.07) is 0.0272. The highest BCUT2D eigenvalue weighted by molar-refractivity contribution is 5.74. The van der Waals surface area contributed by atoms with Crippen LogP contribution in [0.5, 0.6) is 0 Å². The smallest absolute Gasteiger partial charge is 0.317 e. The molecule has 0 aromatic carbocycles. The molecule has 0 aromatic rings. The lowest BCUT2D eigenvalue weighted by atomic mass is 9.85. The van der Waals surface area contributed by atoms with E-state index in [9.17, 15) is 9.90 Å². The molecule has 45 heavy (non-hydrogen) atoms. The van der Waals surface area contributed by atoms with Gasteiger partial charge >= 0.3 is 6.03 Å². The highest BCUT2D eigenvalue weighted by atomic mass is 16.6. The van der Waals surface area contributed by atoms with E-state index in [2.05, 4.69) is 68.0 Å². The molecular weight excluding hydrogens is 572 g/mol. The zero-order valence-corrected chi connectivity index (χ0v) is 29.1. The Morgan fingerprint density at radius 2 is 1.73 bits per heavy atom. The summed E-state index contributed by atoms with van der Waals surface area (Å²) in [5.74, 6) is 0.915. The number of hydrogen-bond donors (Lipinski definition) is 2. The Balaban J connectivity index is 1.16. The van der Waals surface area contributed by atoms with Gasteiger partial charge in [0.25, 0.3) is 0 Å². The highest BCUT2D eigenvalue weighted by Crippen LogP contribution is 2.47. The number of carbonyl (C=O) groups excluding carboxylic acids is 1. The van der Waals surface area contributed by atoms with Crippen LogP contribution >= 0.6 is 0 Å². The molecular formula is C35H62N4O6. The molecule has 9 atom stereocenters. The second-order valence-electron chi connectivity index (χ2n) is 14.3. The fourth-order valence-electron chi connectivity index (χ4n) is 7.62. The number of urea groups is 1. The van der Waals surface area contributed by atoms with Crippen LogP contribution in [0, 0.1) is 17.8 Å². The molecule has 2 amide bonds. The molecule has 4 fully saturated rings. The number of nitrogens with one attached hydrogen (secondary N) is 1. The van der Waals surface area contributed by atoms with Gasteiger partial charge in [0.1, 0.15) is 0 Å². The van der Waals surface area contributed by atoms with E-state index in [0.717, 1.165) is 84.8 Å². The first-order valence-corrected chi connectivity index (χ1v) is 17.4. The molecule has 0 saturated carbocycles. The Morgan fingerprint density at radius 3 is 2.38 bits per heavy atom. The van der Waals surface area contributed by atoms with E-state index in [0.29, 0.717) is 18.4 Å². The highest BCUT2D eigenvalue weighted by Gasteiger charge is 2.56. The minimum atomic E-state index is -0.527. The van der Waals surface area contributed by atoms with Crippen molar-refractivity contribution in [1.29, 1.82) is 0 Å². The van der Waals surface area contributed by atoms with Gasteiger partial charge in [-0.25, -0.2) is 4.79 Å². The van der Waals surface area contributed by atoms with Crippen molar-refractivity contribution < 1.29 is 28.8 Å². The third-order valence-corrected chi connectivity index (χ3v) is 10.4. The van der Waals surface area contributed by atoms with Crippen LogP contribution < -0.4 is 5.32 Å². The summed E-state index contributed by atoms with van der Waals surface area (Å²) in [4.78, 5) is 19.8. The summed E-state index contributed by atoms with van der Waals surface area (Å²) >= 11 is 0. The van der Waals surface area contributed by atoms with Crippen LogP contribution in [-0.2, 0) is 18.9 Å². The van der Waals surface area contributed by atoms with Crippen LogP contribution in [0.15, 0.2) is 23.8 Å². The summed E-state index contributed by atoms with van der Waals surface area (Å²) in [5, 5.41) is 13.2. The fourth-order valence-corrected chi connectivity index (χ4v) is 7.62. The number of morpholine rings is 1. The monoisotopic (exact) mass is 634 g/mol. The first kappa shape index (κ1) is 36.3. The lowest BCUT2D eigenvalue weighted by Crippen LogP contribution is -2.54. The molecule has 0 aromatic heterocycles. The van der Waals surface area contributed by atoms with E-state index in [1.807, 2.05) is 4.90 Å². The molecule has 0 bridgehead atoms. The van der Waals surface area contributed by atoms with Gasteiger partial charge in [0.2, 0.25) is 0 Å². The maximum atomic E-state index is 12.9. The van der Waals surface area contributed by atoms with Crippen LogP contribution in [0.2, 0.25) is 0 Å². The van der Waals surface area contributed by atoms with Crippen molar-refractivity contribution in [3.8, 4) is 0 Å². The number of methoxy groups -OCH3 is 1. The molecule has 0 aliphatic carbocycles. The van der Waals surface area contributed by atoms with Gasteiger partial charge in [0.15, 0.2) is 0 Å². The van der Waals surface area contributed by atoms with Gasteiger partial charge in [-0.3, -0.25) is 9.80 Å². The van der Waals surface area contributed by atoms with Gasteiger partial charge in [-0.2, -0.15) is 0 Å². The molecule has 4 aliphatic heterocycles. The quantitative estimate of drug-likeness (QED) is 0.221. The number of piperazine rings is 1. The normalized spacial score (nSPS) is 33.2. The van der Waals surface area contributed by atoms with Gasteiger partial charge in [0, 0.05) is 71.9 Å². The molecule has 0 unspecified atom stereocenters. The Hall–Kier alpha value is -1.53. The number of amides is 2. The van der Waals surface area contributed by atoms with E-state index in [-0.39, 0.29) is 42.0 Å². The van der Waals surface area contributed by atoms with Gasteiger partial charge in [-0.15, -0.1) is 0 Å². The van der Waals surface area contributed by atoms with Crippen molar-refractivity contribution in [2.45, 2.75) is 96.9 Å². The SMILES string of the molecule is CO[C@H]([C@@H](C)[C@H]1O[C@]1(C)C[C@H](C)/C=C/C=C(\C)[C@H]1O[C@@H](CNC(=O)N2CCN(CCN3CCOCC3)CC2)CC[C@@H]1C)[C@@H](C)O. The zero-order valence-electron chi connectivity index (χ0n) is 29.1. The predicted octanol–water partition coefficient (Wildman–Crippen LogP) is 3.55. The molecule has 258 valence electrons. The van der Waals surface area contributed by atoms with Crippen LogP contribution in [0.3, 0.4) is 0 Å². The Bertz CT molecular complexity index is 979. The molecule has 10 heteroatoms. The number of aliphatic hydroxyl groups excluding tert-OH is 1. The maximum Gasteiger partial charge on any atom is 0.317 e. The van der Waals surface area contributed by atoms with E-state index in [1.165, 1.54) is 5.57 Å². The van der Waals surface area contributed by atoms with Crippen LogP contribution in [0.4, 0.5) is 4.79 Å². The topological polar surface area (TPSA) is 99.3 Å². The number of aliphatic hydroxyl groups is 1. The van der Waals surface area contributed by atoms with Gasteiger partial charge in [-0.05, 0) is 57.4 Å². The molecule has 4 rings (SSSR count). The molecule has 0 radical (unpaired) electrons. The first-order valence-electron chi connectivity index (χ1n) is 17.4. The van der Waals surface area contributed by atoms with E-state index >= 15 is 0 Å². The summed E-state index contributed by atoms with van der Waals surface area (Å²) in [6.45, 7) is 22.5. The minimum Gasteiger partial charge on any atom is -0.391 e. The molecule has 10 nitrogen and oxygen atoms in total. The Morgan fingerprint density at radius 1 is 1.07 bits per heavy atom. The number of nitrogens with zero attached hydrogens (tertiary/aromatic N) is 3. The van der Waals surface area contributed by atoms with Crippen molar-refractivity contribution in [1.82, 2.24) is 20.0 Å². The lowest BCUT2D eigenvalue weighted by molar-refractivity contribution is -0.0570. The van der Waals surface area contributed by atoms with Gasteiger partial charge < -0.3 is 34.3 Å². The molecule has 4 saturated heterocycles. The molecule has 4 aliphatic rings. The number of rotatable bonds is 14. The standard InChI is InChI=1S/C35H62N4O6/c1-25(23-35(6)33(45-35)28(4)32(42-7)29(5)40)9-8-10-26(2)31-27(3)11-12-30(44-31)24-36-34(41)39-17-15-37(16-18-39)13-14-38-19-21-43-22-20-38/h8-10,25,27-33,40H,11-24H2,1-7H3,(H,36,41)/b9-8+,26-10+/t25-,27+,28-,29-,30-,31-,32-,33-,35-/m1/s1. The van der Waals surface area contributed by atoms with Gasteiger partial charge in [0.05, 0.1) is 49.3 Å². The van der Waals surface area contributed by atoms with E-state index in [1.54, 1.807) is 14.0 Å².